The third-order valence-electron chi connectivity index (χ3n) is 13.2. The number of hydrogen-bond acceptors (Lipinski definition) is 11. The fourth-order valence-corrected chi connectivity index (χ4v) is 9.99. The number of rotatable bonds is 21. The van der Waals surface area contributed by atoms with Gasteiger partial charge in [-0.15, -0.1) is 11.3 Å². The Morgan fingerprint density at radius 1 is 0.855 bits per heavy atom. The quantitative estimate of drug-likeness (QED) is 0.0467. The second-order valence-electron chi connectivity index (χ2n) is 19.7. The number of aliphatic hydroxyl groups is 1. The summed E-state index contributed by atoms with van der Waals surface area (Å²) in [6, 6.07) is 13.1. The van der Waals surface area contributed by atoms with E-state index in [2.05, 4.69) is 43.2 Å². The molecule has 2 saturated heterocycles. The molecule has 0 bridgehead atoms. The van der Waals surface area contributed by atoms with E-state index < -0.39 is 23.6 Å². The summed E-state index contributed by atoms with van der Waals surface area (Å²) in [4.78, 5) is 84.6. The zero-order chi connectivity index (χ0) is 49.1. The Bertz CT molecular complexity index is 2550. The summed E-state index contributed by atoms with van der Waals surface area (Å²) in [6.07, 6.45) is 14.8. The minimum atomic E-state index is -0.858. The smallest absolute Gasteiger partial charge is 0.256 e. The first-order chi connectivity index (χ1) is 33.1. The van der Waals surface area contributed by atoms with Gasteiger partial charge < -0.3 is 35.7 Å². The number of imidazole rings is 1. The number of unbranched alkanes of at least 4 members (excludes halogenated alkanes) is 7. The van der Waals surface area contributed by atoms with Crippen molar-refractivity contribution in [1.82, 2.24) is 45.1 Å². The average Bonchev–Trinajstić information content (AvgIpc) is 4.15. The van der Waals surface area contributed by atoms with Crippen LogP contribution >= 0.6 is 11.3 Å². The summed E-state index contributed by atoms with van der Waals surface area (Å²) in [6.45, 7) is 9.56. The Morgan fingerprint density at radius 2 is 1.54 bits per heavy atom. The van der Waals surface area contributed by atoms with Gasteiger partial charge in [-0.3, -0.25) is 28.9 Å². The van der Waals surface area contributed by atoms with E-state index in [9.17, 15) is 29.1 Å². The average molecular weight is 961 g/mol. The fraction of sp³-hybridized carbons (Fsp3) is 0.500. The highest BCUT2D eigenvalue weighted by molar-refractivity contribution is 7.13. The molecule has 17 heteroatoms. The predicted octanol–water partition coefficient (Wildman–Crippen LogP) is 7.23. The van der Waals surface area contributed by atoms with Gasteiger partial charge in [-0.25, -0.2) is 15.0 Å². The van der Waals surface area contributed by atoms with Gasteiger partial charge in [-0.05, 0) is 87.0 Å². The number of aryl methyl sites for hydroxylation is 1. The number of anilines is 1. The normalized spacial score (nSPS) is 17.8. The van der Waals surface area contributed by atoms with Crippen LogP contribution in [-0.2, 0) is 20.9 Å². The molecule has 0 radical (unpaired) electrons. The Labute approximate surface area is 409 Å². The monoisotopic (exact) mass is 961 g/mol. The molecule has 0 spiro atoms. The maximum absolute atomic E-state index is 14.0. The van der Waals surface area contributed by atoms with Gasteiger partial charge in [0.2, 0.25) is 17.7 Å². The van der Waals surface area contributed by atoms with E-state index in [1.165, 1.54) is 4.90 Å². The van der Waals surface area contributed by atoms with Crippen LogP contribution in [0.3, 0.4) is 0 Å². The predicted molar refractivity (Wildman–Crippen MR) is 268 cm³/mol. The molecule has 0 saturated carbocycles. The lowest BCUT2D eigenvalue weighted by Crippen LogP contribution is -2.57. The van der Waals surface area contributed by atoms with Crippen LogP contribution in [0.1, 0.15) is 142 Å². The SMILES string of the molecule is Cc1ncsc1-c1ccc(CNC(=O)[C@@H]2C[C@@H](O)CN2C(=O)[C@@H](NC(=O)CCCCCCCCCCNC(=O)c2ccc(C(=O)Nc3cn4cc([C@H]5CCCN5C)nc4cn3)cc2)C(C)(C)C)cc1. The number of fused-ring (bicyclic) bond motifs is 1. The highest BCUT2D eigenvalue weighted by atomic mass is 32.1. The molecule has 5 N–H and O–H groups in total. The molecule has 4 atom stereocenters. The first kappa shape index (κ1) is 50.8. The molecule has 0 unspecified atom stereocenters. The van der Waals surface area contributed by atoms with Crippen LogP contribution in [0.5, 0.6) is 0 Å². The van der Waals surface area contributed by atoms with E-state index in [0.29, 0.717) is 42.4 Å². The third-order valence-corrected chi connectivity index (χ3v) is 14.2. The van der Waals surface area contributed by atoms with Crippen LogP contribution in [0.25, 0.3) is 16.1 Å². The number of β-amino-alcohol motifs (C(OH)–C–C–N with tert-alkyl or cyclic N) is 1. The number of hydrogen-bond donors (Lipinski definition) is 5. The minimum Gasteiger partial charge on any atom is -0.391 e. The molecule has 368 valence electrons. The summed E-state index contributed by atoms with van der Waals surface area (Å²) in [7, 11) is 2.11. The number of carbonyl (C=O) groups is 5. The van der Waals surface area contributed by atoms with E-state index in [1.54, 1.807) is 48.0 Å². The van der Waals surface area contributed by atoms with Crippen molar-refractivity contribution in [2.45, 2.75) is 136 Å². The number of likely N-dealkylation sites (tertiary alicyclic amines) is 2. The standard InChI is InChI=1S/C52H68N10O6S/c1-34-46(69-33-56-34)36-19-17-35(18-20-36)28-55-50(67)42-27-39(63)30-62(42)51(68)47(52(2,3)4)59-45(64)16-12-10-8-6-7-9-11-13-25-53-48(65)37-21-23-38(24-22-37)49(66)58-43-32-61-31-40(57-44(61)29-54-43)41-15-14-26-60(41)5/h17-24,29,31-33,39,41-42,47,63H,6-16,25-28,30H2,1-5H3,(H,53,65)(H,55,67)(H,58,66)(H,59,64)/t39-,41-,42+,47-/m1/s1. The molecule has 5 heterocycles. The van der Waals surface area contributed by atoms with Crippen molar-refractivity contribution in [3.05, 3.63) is 101 Å². The van der Waals surface area contributed by atoms with Gasteiger partial charge in [0.25, 0.3) is 11.8 Å². The van der Waals surface area contributed by atoms with Crippen LogP contribution in [-0.4, -0.2) is 109 Å². The van der Waals surface area contributed by atoms with Crippen LogP contribution in [0.15, 0.2) is 72.6 Å². The van der Waals surface area contributed by atoms with Gasteiger partial charge in [0.05, 0.1) is 46.3 Å². The largest absolute Gasteiger partial charge is 0.391 e. The maximum Gasteiger partial charge on any atom is 0.256 e. The van der Waals surface area contributed by atoms with Gasteiger partial charge >= 0.3 is 0 Å². The van der Waals surface area contributed by atoms with Crippen molar-refractivity contribution in [2.24, 2.45) is 5.41 Å². The molecule has 2 fully saturated rings. The second-order valence-corrected chi connectivity index (χ2v) is 20.5. The topological polar surface area (TPSA) is 203 Å². The number of aromatic nitrogens is 4. The van der Waals surface area contributed by atoms with E-state index in [4.69, 9.17) is 4.98 Å². The Balaban J connectivity index is 0.743. The van der Waals surface area contributed by atoms with Gasteiger partial charge in [0, 0.05) is 49.8 Å². The summed E-state index contributed by atoms with van der Waals surface area (Å²) in [5.74, 6) is -0.995. The van der Waals surface area contributed by atoms with E-state index in [-0.39, 0.29) is 49.0 Å². The number of aliphatic hydroxyl groups excluding tert-OH is 1. The number of benzene rings is 2. The van der Waals surface area contributed by atoms with E-state index >= 15 is 0 Å². The van der Waals surface area contributed by atoms with Crippen molar-refractivity contribution < 1.29 is 29.1 Å². The molecule has 16 nitrogen and oxygen atoms in total. The van der Waals surface area contributed by atoms with Crippen LogP contribution in [0, 0.1) is 12.3 Å². The van der Waals surface area contributed by atoms with Crippen molar-refractivity contribution in [3.63, 3.8) is 0 Å². The third kappa shape index (κ3) is 13.6. The summed E-state index contributed by atoms with van der Waals surface area (Å²) in [5.41, 5.74) is 6.78. The van der Waals surface area contributed by atoms with Crippen LogP contribution < -0.4 is 21.3 Å². The first-order valence-corrected chi connectivity index (χ1v) is 25.3. The molecule has 5 amide bonds. The summed E-state index contributed by atoms with van der Waals surface area (Å²) < 4.78 is 1.89. The van der Waals surface area contributed by atoms with E-state index in [0.717, 1.165) is 97.4 Å². The van der Waals surface area contributed by atoms with Crippen molar-refractivity contribution >= 4 is 52.3 Å². The molecule has 0 aliphatic carbocycles. The minimum absolute atomic E-state index is 0.0271. The van der Waals surface area contributed by atoms with Gasteiger partial charge in [0.1, 0.15) is 17.9 Å². The molecular weight excluding hydrogens is 893 g/mol. The molecule has 2 aliphatic rings. The lowest BCUT2D eigenvalue weighted by atomic mass is 9.85. The molecule has 2 aromatic carbocycles. The van der Waals surface area contributed by atoms with Crippen LogP contribution in [0.2, 0.25) is 0 Å². The first-order valence-electron chi connectivity index (χ1n) is 24.4. The highest BCUT2D eigenvalue weighted by Crippen LogP contribution is 2.31. The van der Waals surface area contributed by atoms with E-state index in [1.807, 2.05) is 68.1 Å². The number of amides is 5. The van der Waals surface area contributed by atoms with Crippen LogP contribution in [0.4, 0.5) is 5.82 Å². The second kappa shape index (κ2) is 23.5. The lowest BCUT2D eigenvalue weighted by Gasteiger charge is -2.35. The zero-order valence-electron chi connectivity index (χ0n) is 40.6. The number of thiazole rings is 1. The summed E-state index contributed by atoms with van der Waals surface area (Å²) in [5, 5.41) is 22.3. The number of nitrogens with one attached hydrogen (secondary N) is 4. The van der Waals surface area contributed by atoms with Crippen molar-refractivity contribution in [3.8, 4) is 10.4 Å². The van der Waals surface area contributed by atoms with Gasteiger partial charge in [0.15, 0.2) is 5.65 Å². The molecular formula is C52H68N10O6S. The Morgan fingerprint density at radius 3 is 2.19 bits per heavy atom. The molecule has 5 aromatic rings. The van der Waals surface area contributed by atoms with Gasteiger partial charge in [-0.1, -0.05) is 83.6 Å². The lowest BCUT2D eigenvalue weighted by molar-refractivity contribution is -0.144. The highest BCUT2D eigenvalue weighted by Gasteiger charge is 2.44. The molecule has 2 aliphatic heterocycles. The molecule has 7 rings (SSSR count). The number of nitrogens with zero attached hydrogens (tertiary/aromatic N) is 6. The fourth-order valence-electron chi connectivity index (χ4n) is 9.18. The summed E-state index contributed by atoms with van der Waals surface area (Å²) >= 11 is 1.58. The zero-order valence-corrected chi connectivity index (χ0v) is 41.4. The van der Waals surface area contributed by atoms with Crippen molar-refractivity contribution in [2.75, 3.05) is 32.0 Å². The maximum atomic E-state index is 14.0. The Kier molecular flexibility index (Phi) is 17.3. The van der Waals surface area contributed by atoms with Crippen molar-refractivity contribution in [1.29, 1.82) is 0 Å². The molecule has 69 heavy (non-hydrogen) atoms. The molecule has 3 aromatic heterocycles. The Hall–Kier alpha value is -6.04. The number of carbonyl (C=O) groups excluding carboxylic acids is 5. The van der Waals surface area contributed by atoms with Gasteiger partial charge in [-0.2, -0.15) is 0 Å².